The van der Waals surface area contributed by atoms with E-state index in [1.165, 1.54) is 38.4 Å². The summed E-state index contributed by atoms with van der Waals surface area (Å²) in [5.74, 6) is 0.197. The Hall–Kier alpha value is -1.00. The number of nitrogens with zero attached hydrogens (tertiary/aromatic N) is 1. The molecule has 0 heterocycles. The van der Waals surface area contributed by atoms with Crippen LogP contribution in [0.3, 0.4) is 0 Å². The molecule has 2 rings (SSSR count). The smallest absolute Gasteiger partial charge is 0.243 e. The van der Waals surface area contributed by atoms with Gasteiger partial charge in [-0.2, -0.15) is 0 Å². The minimum absolute atomic E-state index is 0.187. The Bertz CT molecular complexity index is 770. The van der Waals surface area contributed by atoms with E-state index in [-0.39, 0.29) is 28.3 Å². The van der Waals surface area contributed by atoms with E-state index in [9.17, 15) is 16.8 Å². The van der Waals surface area contributed by atoms with Crippen LogP contribution >= 0.6 is 0 Å². The fourth-order valence-corrected chi connectivity index (χ4v) is 6.06. The summed E-state index contributed by atoms with van der Waals surface area (Å²) >= 11 is 0. The average Bonchev–Trinajstić information content (AvgIpc) is 3.06. The average molecular weight is 376 g/mol. The third-order valence-electron chi connectivity index (χ3n) is 4.43. The van der Waals surface area contributed by atoms with Crippen LogP contribution in [-0.4, -0.2) is 47.8 Å². The van der Waals surface area contributed by atoms with Crippen molar-refractivity contribution >= 4 is 20.0 Å². The van der Waals surface area contributed by atoms with Gasteiger partial charge in [-0.1, -0.05) is 25.0 Å². The van der Waals surface area contributed by atoms with Crippen molar-refractivity contribution in [2.24, 2.45) is 11.7 Å². The second-order valence-electron chi connectivity index (χ2n) is 6.24. The first kappa shape index (κ1) is 19.3. The van der Waals surface area contributed by atoms with Crippen LogP contribution in [0.25, 0.3) is 0 Å². The molecule has 7 nitrogen and oxygen atoms in total. The van der Waals surface area contributed by atoms with E-state index >= 15 is 0 Å². The first-order valence-corrected chi connectivity index (χ1v) is 10.9. The minimum atomic E-state index is -3.99. The lowest BCUT2D eigenvalue weighted by Gasteiger charge is -2.24. The molecule has 1 saturated carbocycles. The molecule has 0 aromatic heterocycles. The number of sulfonamides is 2. The Morgan fingerprint density at radius 2 is 1.67 bits per heavy atom. The monoisotopic (exact) mass is 375 g/mol. The molecular weight excluding hydrogens is 350 g/mol. The van der Waals surface area contributed by atoms with E-state index in [1.54, 1.807) is 0 Å². The summed E-state index contributed by atoms with van der Waals surface area (Å²) in [6.45, 7) is 0.187. The van der Waals surface area contributed by atoms with E-state index in [0.717, 1.165) is 30.0 Å². The van der Waals surface area contributed by atoms with E-state index in [4.69, 9.17) is 5.73 Å². The Kier molecular flexibility index (Phi) is 6.03. The number of hydrogen-bond acceptors (Lipinski definition) is 5. The fourth-order valence-electron chi connectivity index (χ4n) is 3.04. The molecule has 0 amide bonds. The lowest BCUT2D eigenvalue weighted by atomic mass is 9.99. The molecule has 0 bridgehead atoms. The van der Waals surface area contributed by atoms with Gasteiger partial charge in [0, 0.05) is 26.7 Å². The SMILES string of the molecule is CN(C)S(=O)(=O)c1ccccc1S(=O)(=O)NC(CN)C1CCCC1. The van der Waals surface area contributed by atoms with Crippen LogP contribution < -0.4 is 10.5 Å². The molecule has 1 aliphatic rings. The molecule has 0 saturated heterocycles. The van der Waals surface area contributed by atoms with Crippen LogP contribution in [0, 0.1) is 5.92 Å². The molecule has 1 aliphatic carbocycles. The zero-order chi connectivity index (χ0) is 18.0. The van der Waals surface area contributed by atoms with E-state index < -0.39 is 20.0 Å². The number of hydrogen-bond donors (Lipinski definition) is 2. The predicted octanol–water partition coefficient (Wildman–Crippen LogP) is 0.733. The quantitative estimate of drug-likeness (QED) is 0.730. The first-order valence-electron chi connectivity index (χ1n) is 7.94. The molecule has 136 valence electrons. The highest BCUT2D eigenvalue weighted by molar-refractivity contribution is 7.92. The van der Waals surface area contributed by atoms with Gasteiger partial charge in [0.1, 0.15) is 9.79 Å². The van der Waals surface area contributed by atoms with E-state index in [2.05, 4.69) is 4.72 Å². The van der Waals surface area contributed by atoms with Crippen molar-refractivity contribution in [1.29, 1.82) is 0 Å². The summed E-state index contributed by atoms with van der Waals surface area (Å²) in [6, 6.07) is 5.24. The number of rotatable bonds is 7. The van der Waals surface area contributed by atoms with Gasteiger partial charge in [-0.05, 0) is 30.9 Å². The van der Waals surface area contributed by atoms with Crippen LogP contribution in [0.4, 0.5) is 0 Å². The molecule has 1 aromatic carbocycles. The highest BCUT2D eigenvalue weighted by Crippen LogP contribution is 2.29. The second kappa shape index (κ2) is 7.49. The number of nitrogens with one attached hydrogen (secondary N) is 1. The summed E-state index contributed by atoms with van der Waals surface area (Å²) in [7, 11) is -5.12. The van der Waals surface area contributed by atoms with E-state index in [0.29, 0.717) is 0 Å². The molecule has 0 radical (unpaired) electrons. The van der Waals surface area contributed by atoms with Gasteiger partial charge in [0.2, 0.25) is 20.0 Å². The van der Waals surface area contributed by atoms with Crippen molar-refractivity contribution in [1.82, 2.24) is 9.03 Å². The van der Waals surface area contributed by atoms with Gasteiger partial charge in [0.05, 0.1) is 0 Å². The largest absolute Gasteiger partial charge is 0.329 e. The molecule has 1 fully saturated rings. The third-order valence-corrected chi connectivity index (χ3v) is 7.98. The molecule has 1 atom stereocenters. The molecule has 1 unspecified atom stereocenters. The summed E-state index contributed by atoms with van der Waals surface area (Å²) in [6.07, 6.45) is 3.99. The van der Waals surface area contributed by atoms with Crippen molar-refractivity contribution in [2.45, 2.75) is 41.5 Å². The molecule has 24 heavy (non-hydrogen) atoms. The van der Waals surface area contributed by atoms with Crippen molar-refractivity contribution in [3.8, 4) is 0 Å². The molecule has 0 spiro atoms. The van der Waals surface area contributed by atoms with Gasteiger partial charge in [0.25, 0.3) is 0 Å². The van der Waals surface area contributed by atoms with Crippen molar-refractivity contribution < 1.29 is 16.8 Å². The first-order chi connectivity index (χ1) is 11.2. The Morgan fingerprint density at radius 1 is 1.12 bits per heavy atom. The summed E-state index contributed by atoms with van der Waals surface area (Å²) < 4.78 is 54.1. The van der Waals surface area contributed by atoms with Crippen LogP contribution in [0.15, 0.2) is 34.1 Å². The van der Waals surface area contributed by atoms with Gasteiger partial charge in [-0.15, -0.1) is 0 Å². The zero-order valence-corrected chi connectivity index (χ0v) is 15.6. The Labute approximate surface area is 144 Å². The van der Waals surface area contributed by atoms with Gasteiger partial charge >= 0.3 is 0 Å². The Balaban J connectivity index is 2.39. The minimum Gasteiger partial charge on any atom is -0.329 e. The van der Waals surface area contributed by atoms with Crippen LogP contribution in [0.2, 0.25) is 0 Å². The lowest BCUT2D eigenvalue weighted by Crippen LogP contribution is -2.44. The summed E-state index contributed by atoms with van der Waals surface area (Å²) in [5, 5.41) is 0. The summed E-state index contributed by atoms with van der Waals surface area (Å²) in [4.78, 5) is -0.472. The lowest BCUT2D eigenvalue weighted by molar-refractivity contribution is 0.405. The molecule has 9 heteroatoms. The highest BCUT2D eigenvalue weighted by Gasteiger charge is 2.32. The second-order valence-corrected chi connectivity index (χ2v) is 10.0. The molecule has 1 aromatic rings. The normalized spacial score (nSPS) is 18.2. The summed E-state index contributed by atoms with van der Waals surface area (Å²) in [5.41, 5.74) is 5.76. The van der Waals surface area contributed by atoms with Crippen molar-refractivity contribution in [3.63, 3.8) is 0 Å². The topological polar surface area (TPSA) is 110 Å². The van der Waals surface area contributed by atoms with Gasteiger partial charge in [0.15, 0.2) is 0 Å². The highest BCUT2D eigenvalue weighted by atomic mass is 32.2. The number of nitrogens with two attached hydrogens (primary N) is 1. The predicted molar refractivity (Wildman–Crippen MR) is 92.4 cm³/mol. The molecular formula is C15H25N3O4S2. The molecule has 0 aliphatic heterocycles. The van der Waals surface area contributed by atoms with Crippen molar-refractivity contribution in [3.05, 3.63) is 24.3 Å². The van der Waals surface area contributed by atoms with E-state index in [1.807, 2.05) is 0 Å². The van der Waals surface area contributed by atoms with Crippen LogP contribution in [0.5, 0.6) is 0 Å². The third kappa shape index (κ3) is 3.97. The maximum Gasteiger partial charge on any atom is 0.243 e. The van der Waals surface area contributed by atoms with Crippen LogP contribution in [-0.2, 0) is 20.0 Å². The van der Waals surface area contributed by atoms with Gasteiger partial charge in [-0.3, -0.25) is 0 Å². The maximum atomic E-state index is 12.8. The standard InChI is InChI=1S/C15H25N3O4S2/c1-18(2)24(21,22)15-10-6-5-9-14(15)23(19,20)17-13(11-16)12-7-3-4-8-12/h5-6,9-10,12-13,17H,3-4,7-8,11,16H2,1-2H3. The van der Waals surface area contributed by atoms with Gasteiger partial charge in [-0.25, -0.2) is 25.9 Å². The fraction of sp³-hybridized carbons (Fsp3) is 0.600. The van der Waals surface area contributed by atoms with Crippen LogP contribution in [0.1, 0.15) is 25.7 Å². The maximum absolute atomic E-state index is 12.8. The van der Waals surface area contributed by atoms with Gasteiger partial charge < -0.3 is 5.73 Å². The Morgan fingerprint density at radius 3 is 2.17 bits per heavy atom. The van der Waals surface area contributed by atoms with Crippen molar-refractivity contribution in [2.75, 3.05) is 20.6 Å². The molecule has 3 N–H and O–H groups in total. The number of benzene rings is 1. The zero-order valence-electron chi connectivity index (χ0n) is 14.0.